The zero-order valence-electron chi connectivity index (χ0n) is 14.2. The Morgan fingerprint density at radius 2 is 1.52 bits per heavy atom. The first-order chi connectivity index (χ1) is 11.9. The third-order valence-electron chi connectivity index (χ3n) is 4.03. The minimum absolute atomic E-state index is 0.143. The SMILES string of the molecule is CCC(C(=O)O)N(CCc1ccccc1)S(=O)(=O)Cc1ccccc1. The lowest BCUT2D eigenvalue weighted by Crippen LogP contribution is -2.46. The van der Waals surface area contributed by atoms with Gasteiger partial charge in [-0.15, -0.1) is 0 Å². The van der Waals surface area contributed by atoms with Crippen LogP contribution >= 0.6 is 0 Å². The molecule has 1 unspecified atom stereocenters. The van der Waals surface area contributed by atoms with Crippen molar-refractivity contribution in [3.63, 3.8) is 0 Å². The summed E-state index contributed by atoms with van der Waals surface area (Å²) >= 11 is 0. The molecule has 2 rings (SSSR count). The molecule has 0 bridgehead atoms. The van der Waals surface area contributed by atoms with E-state index in [1.54, 1.807) is 31.2 Å². The maximum absolute atomic E-state index is 12.9. The maximum Gasteiger partial charge on any atom is 0.321 e. The molecule has 5 nitrogen and oxygen atoms in total. The fourth-order valence-corrected chi connectivity index (χ4v) is 4.52. The Labute approximate surface area is 149 Å². The van der Waals surface area contributed by atoms with Crippen LogP contribution in [0.15, 0.2) is 60.7 Å². The largest absolute Gasteiger partial charge is 0.480 e. The van der Waals surface area contributed by atoms with Crippen molar-refractivity contribution in [2.75, 3.05) is 6.54 Å². The molecule has 0 amide bonds. The summed E-state index contributed by atoms with van der Waals surface area (Å²) in [5.41, 5.74) is 1.62. The third kappa shape index (κ3) is 5.41. The number of rotatable bonds is 9. The minimum atomic E-state index is -3.75. The van der Waals surface area contributed by atoms with Crippen molar-refractivity contribution in [3.8, 4) is 0 Å². The molecule has 0 radical (unpaired) electrons. The second kappa shape index (κ2) is 8.78. The van der Waals surface area contributed by atoms with Gasteiger partial charge in [0.15, 0.2) is 0 Å². The molecular formula is C19H23NO4S. The van der Waals surface area contributed by atoms with Gasteiger partial charge in [0.05, 0.1) is 5.75 Å². The predicted octanol–water partition coefficient (Wildman–Crippen LogP) is 2.92. The summed E-state index contributed by atoms with van der Waals surface area (Å²) < 4.78 is 26.9. The highest BCUT2D eigenvalue weighted by Crippen LogP contribution is 2.17. The van der Waals surface area contributed by atoms with E-state index in [0.717, 1.165) is 9.87 Å². The van der Waals surface area contributed by atoms with E-state index in [1.165, 1.54) is 0 Å². The van der Waals surface area contributed by atoms with Crippen LogP contribution in [0, 0.1) is 0 Å². The van der Waals surface area contributed by atoms with Crippen molar-refractivity contribution >= 4 is 16.0 Å². The van der Waals surface area contributed by atoms with E-state index in [2.05, 4.69) is 0 Å². The van der Waals surface area contributed by atoms with Gasteiger partial charge in [0.2, 0.25) is 10.0 Å². The number of benzene rings is 2. The molecule has 0 saturated heterocycles. The van der Waals surface area contributed by atoms with Crippen molar-refractivity contribution in [2.45, 2.75) is 31.6 Å². The van der Waals surface area contributed by atoms with E-state index in [1.807, 2.05) is 36.4 Å². The van der Waals surface area contributed by atoms with E-state index in [4.69, 9.17) is 0 Å². The molecule has 0 fully saturated rings. The molecule has 0 saturated carbocycles. The Balaban J connectivity index is 2.24. The van der Waals surface area contributed by atoms with Gasteiger partial charge in [0, 0.05) is 6.54 Å². The molecule has 0 aromatic heterocycles. The fourth-order valence-electron chi connectivity index (χ4n) is 2.74. The second-order valence-corrected chi connectivity index (χ2v) is 7.77. The average molecular weight is 361 g/mol. The molecule has 0 heterocycles. The highest BCUT2D eigenvalue weighted by Gasteiger charge is 2.33. The van der Waals surface area contributed by atoms with Crippen LogP contribution in [0.2, 0.25) is 0 Å². The summed E-state index contributed by atoms with van der Waals surface area (Å²) in [4.78, 5) is 11.6. The number of carbonyl (C=O) groups is 1. The van der Waals surface area contributed by atoms with Gasteiger partial charge in [0.25, 0.3) is 0 Å². The van der Waals surface area contributed by atoms with Crippen LogP contribution in [0.5, 0.6) is 0 Å². The zero-order chi connectivity index (χ0) is 18.3. The highest BCUT2D eigenvalue weighted by molar-refractivity contribution is 7.88. The number of hydrogen-bond donors (Lipinski definition) is 1. The highest BCUT2D eigenvalue weighted by atomic mass is 32.2. The number of aliphatic carboxylic acids is 1. The summed E-state index contributed by atoms with van der Waals surface area (Å²) in [6.07, 6.45) is 0.691. The van der Waals surface area contributed by atoms with Gasteiger partial charge in [-0.3, -0.25) is 4.79 Å². The maximum atomic E-state index is 12.9. The standard InChI is InChI=1S/C19H23NO4S/c1-2-18(19(21)22)20(14-13-16-9-5-3-6-10-16)25(23,24)15-17-11-7-4-8-12-17/h3-12,18H,2,13-15H2,1H3,(H,21,22). The Bertz CT molecular complexity index is 776. The van der Waals surface area contributed by atoms with Gasteiger partial charge in [-0.2, -0.15) is 4.31 Å². The van der Waals surface area contributed by atoms with Gasteiger partial charge >= 0.3 is 5.97 Å². The first-order valence-electron chi connectivity index (χ1n) is 8.24. The van der Waals surface area contributed by atoms with Crippen molar-refractivity contribution in [3.05, 3.63) is 71.8 Å². The molecule has 2 aromatic rings. The van der Waals surface area contributed by atoms with E-state index in [-0.39, 0.29) is 18.7 Å². The zero-order valence-corrected chi connectivity index (χ0v) is 15.0. The molecule has 1 N–H and O–H groups in total. The minimum Gasteiger partial charge on any atom is -0.480 e. The number of carboxylic acids is 1. The average Bonchev–Trinajstić information content (AvgIpc) is 2.59. The Morgan fingerprint density at radius 1 is 1.00 bits per heavy atom. The summed E-state index contributed by atoms with van der Waals surface area (Å²) in [6.45, 7) is 1.83. The molecule has 0 aliphatic heterocycles. The first kappa shape index (κ1) is 19.1. The third-order valence-corrected chi connectivity index (χ3v) is 5.88. The van der Waals surface area contributed by atoms with Crippen molar-refractivity contribution < 1.29 is 18.3 Å². The quantitative estimate of drug-likeness (QED) is 0.745. The lowest BCUT2D eigenvalue weighted by molar-refractivity contribution is -0.141. The van der Waals surface area contributed by atoms with Crippen molar-refractivity contribution in [2.24, 2.45) is 0 Å². The fraction of sp³-hybridized carbons (Fsp3) is 0.316. The van der Waals surface area contributed by atoms with Crippen LogP contribution in [-0.2, 0) is 27.0 Å². The van der Waals surface area contributed by atoms with Gasteiger partial charge in [0.1, 0.15) is 6.04 Å². The molecule has 134 valence electrons. The van der Waals surface area contributed by atoms with Crippen molar-refractivity contribution in [1.29, 1.82) is 0 Å². The Morgan fingerprint density at radius 3 is 2.00 bits per heavy atom. The summed E-state index contributed by atoms with van der Waals surface area (Å²) in [7, 11) is -3.75. The lowest BCUT2D eigenvalue weighted by Gasteiger charge is -2.27. The van der Waals surface area contributed by atoms with E-state index < -0.39 is 22.0 Å². The molecule has 25 heavy (non-hydrogen) atoms. The lowest BCUT2D eigenvalue weighted by atomic mass is 10.1. The molecule has 0 aliphatic rings. The van der Waals surface area contributed by atoms with Crippen molar-refractivity contribution in [1.82, 2.24) is 4.31 Å². The van der Waals surface area contributed by atoms with Crippen LogP contribution in [0.3, 0.4) is 0 Å². The number of carboxylic acid groups (broad SMARTS) is 1. The molecular weight excluding hydrogens is 338 g/mol. The van der Waals surface area contributed by atoms with E-state index >= 15 is 0 Å². The second-order valence-electron chi connectivity index (χ2n) is 5.85. The number of sulfonamides is 1. The monoisotopic (exact) mass is 361 g/mol. The molecule has 1 atom stereocenters. The smallest absolute Gasteiger partial charge is 0.321 e. The number of hydrogen-bond acceptors (Lipinski definition) is 3. The van der Waals surface area contributed by atoms with Gasteiger partial charge in [-0.1, -0.05) is 67.6 Å². The Kier molecular flexibility index (Phi) is 6.73. The van der Waals surface area contributed by atoms with Gasteiger partial charge in [-0.25, -0.2) is 8.42 Å². The van der Waals surface area contributed by atoms with Crippen LogP contribution in [-0.4, -0.2) is 36.4 Å². The van der Waals surface area contributed by atoms with E-state index in [9.17, 15) is 18.3 Å². The Hall–Kier alpha value is -2.18. The predicted molar refractivity (Wildman–Crippen MR) is 97.6 cm³/mol. The molecule has 0 aliphatic carbocycles. The molecule has 6 heteroatoms. The van der Waals surface area contributed by atoms with Crippen LogP contribution in [0.1, 0.15) is 24.5 Å². The van der Waals surface area contributed by atoms with Gasteiger partial charge < -0.3 is 5.11 Å². The van der Waals surface area contributed by atoms with Gasteiger partial charge in [-0.05, 0) is 24.0 Å². The normalized spacial score (nSPS) is 12.9. The molecule has 2 aromatic carbocycles. The summed E-state index contributed by atoms with van der Waals surface area (Å²) in [5.74, 6) is -1.32. The van der Waals surface area contributed by atoms with Crippen LogP contribution < -0.4 is 0 Å². The summed E-state index contributed by atoms with van der Waals surface area (Å²) in [5, 5.41) is 9.46. The topological polar surface area (TPSA) is 74.7 Å². The van der Waals surface area contributed by atoms with Crippen LogP contribution in [0.4, 0.5) is 0 Å². The summed E-state index contributed by atoms with van der Waals surface area (Å²) in [6, 6.07) is 17.2. The van der Waals surface area contributed by atoms with E-state index in [0.29, 0.717) is 12.0 Å². The first-order valence-corrected chi connectivity index (χ1v) is 9.85. The number of nitrogens with zero attached hydrogens (tertiary/aromatic N) is 1. The molecule has 0 spiro atoms. The van der Waals surface area contributed by atoms with Crippen LogP contribution in [0.25, 0.3) is 0 Å².